The number of alkyl halides is 3. The molecular formula is C13H19F3N2O4. The van der Waals surface area contributed by atoms with Crippen molar-refractivity contribution in [3.63, 3.8) is 0 Å². The molecule has 1 amide bonds. The van der Waals surface area contributed by atoms with E-state index < -0.39 is 35.8 Å². The SMILES string of the molecule is CCCC1=NN(C(=O)C(=O)OC(C)(C)C)C(O)(C(F)(F)F)C1. The molecule has 1 atom stereocenters. The van der Waals surface area contributed by atoms with Gasteiger partial charge in [0.1, 0.15) is 5.60 Å². The Morgan fingerprint density at radius 1 is 1.36 bits per heavy atom. The summed E-state index contributed by atoms with van der Waals surface area (Å²) in [5.74, 6) is -3.16. The maximum atomic E-state index is 13.1. The van der Waals surface area contributed by atoms with Gasteiger partial charge >= 0.3 is 18.1 Å². The molecule has 1 aliphatic rings. The number of esters is 1. The Kier molecular flexibility index (Phi) is 4.91. The van der Waals surface area contributed by atoms with E-state index >= 15 is 0 Å². The molecule has 0 aromatic heterocycles. The maximum absolute atomic E-state index is 13.1. The molecule has 6 nitrogen and oxygen atoms in total. The molecule has 1 N–H and O–H groups in total. The first-order chi connectivity index (χ1) is 9.82. The molecule has 1 rings (SSSR count). The third kappa shape index (κ3) is 3.76. The number of aliphatic hydroxyl groups is 1. The van der Waals surface area contributed by atoms with Crippen LogP contribution in [0.3, 0.4) is 0 Å². The molecule has 126 valence electrons. The number of rotatable bonds is 2. The predicted octanol–water partition coefficient (Wildman–Crippen LogP) is 1.97. The minimum atomic E-state index is -5.15. The number of hydrogen-bond donors (Lipinski definition) is 1. The minimum absolute atomic E-state index is 0.000710. The molecule has 0 aromatic rings. The van der Waals surface area contributed by atoms with Gasteiger partial charge in [0, 0.05) is 12.1 Å². The second-order valence-electron chi connectivity index (χ2n) is 6.03. The lowest BCUT2D eigenvalue weighted by Crippen LogP contribution is -2.58. The number of ether oxygens (including phenoxy) is 1. The first-order valence-corrected chi connectivity index (χ1v) is 6.75. The zero-order valence-corrected chi connectivity index (χ0v) is 12.8. The van der Waals surface area contributed by atoms with E-state index in [4.69, 9.17) is 4.74 Å². The number of amides is 1. The lowest BCUT2D eigenvalue weighted by molar-refractivity contribution is -0.302. The summed E-state index contributed by atoms with van der Waals surface area (Å²) in [4.78, 5) is 23.6. The molecule has 1 aliphatic heterocycles. The van der Waals surface area contributed by atoms with E-state index in [1.165, 1.54) is 20.8 Å². The first kappa shape index (κ1) is 18.4. The van der Waals surface area contributed by atoms with Crippen LogP contribution < -0.4 is 0 Å². The van der Waals surface area contributed by atoms with Gasteiger partial charge in [-0.1, -0.05) is 13.3 Å². The summed E-state index contributed by atoms with van der Waals surface area (Å²) in [6, 6.07) is 0. The Labute approximate surface area is 125 Å². The van der Waals surface area contributed by atoms with Crippen LogP contribution >= 0.6 is 0 Å². The lowest BCUT2D eigenvalue weighted by Gasteiger charge is -2.32. The standard InChI is InChI=1S/C13H19F3N2O4/c1-5-6-8-7-12(21,13(14,15)16)18(17-8)9(19)10(20)22-11(2,3)4/h21H,5-7H2,1-4H3. The van der Waals surface area contributed by atoms with Gasteiger partial charge in [-0.25, -0.2) is 4.79 Å². The second kappa shape index (κ2) is 5.86. The summed E-state index contributed by atoms with van der Waals surface area (Å²) >= 11 is 0. The summed E-state index contributed by atoms with van der Waals surface area (Å²) in [6.45, 7) is 6.10. The highest BCUT2D eigenvalue weighted by Gasteiger charge is 2.64. The van der Waals surface area contributed by atoms with E-state index in [1.807, 2.05) is 0 Å². The van der Waals surface area contributed by atoms with Crippen molar-refractivity contribution in [3.05, 3.63) is 0 Å². The van der Waals surface area contributed by atoms with Gasteiger partial charge < -0.3 is 9.84 Å². The average Bonchev–Trinajstić information content (AvgIpc) is 2.64. The molecule has 0 aromatic carbocycles. The highest BCUT2D eigenvalue weighted by Crippen LogP contribution is 2.41. The van der Waals surface area contributed by atoms with Crippen molar-refractivity contribution < 1.29 is 32.6 Å². The third-order valence-electron chi connectivity index (χ3n) is 2.80. The normalized spacial score (nSPS) is 22.5. The minimum Gasteiger partial charge on any atom is -0.453 e. The highest BCUT2D eigenvalue weighted by molar-refractivity contribution is 6.32. The average molecular weight is 324 g/mol. The molecule has 0 fully saturated rings. The van der Waals surface area contributed by atoms with Gasteiger partial charge in [-0.05, 0) is 27.2 Å². The van der Waals surface area contributed by atoms with Crippen molar-refractivity contribution in [2.45, 2.75) is 64.5 Å². The maximum Gasteiger partial charge on any atom is 0.438 e. The molecule has 22 heavy (non-hydrogen) atoms. The Bertz CT molecular complexity index is 496. The van der Waals surface area contributed by atoms with Crippen LogP contribution in [-0.4, -0.2) is 45.2 Å². The van der Waals surface area contributed by atoms with Crippen LogP contribution in [-0.2, 0) is 14.3 Å². The van der Waals surface area contributed by atoms with Crippen LogP contribution in [0.4, 0.5) is 13.2 Å². The molecule has 0 aliphatic carbocycles. The van der Waals surface area contributed by atoms with Crippen molar-refractivity contribution in [2.75, 3.05) is 0 Å². The Morgan fingerprint density at radius 3 is 2.32 bits per heavy atom. The van der Waals surface area contributed by atoms with Crippen LogP contribution in [0.5, 0.6) is 0 Å². The van der Waals surface area contributed by atoms with Gasteiger partial charge in [0.2, 0.25) is 0 Å². The van der Waals surface area contributed by atoms with Gasteiger partial charge in [0.25, 0.3) is 5.72 Å². The summed E-state index contributed by atoms with van der Waals surface area (Å²) in [6.07, 6.45) is -5.36. The van der Waals surface area contributed by atoms with Crippen LogP contribution in [0.2, 0.25) is 0 Å². The molecule has 0 spiro atoms. The van der Waals surface area contributed by atoms with Crippen LogP contribution in [0.15, 0.2) is 5.10 Å². The van der Waals surface area contributed by atoms with E-state index in [1.54, 1.807) is 6.92 Å². The molecule has 0 bridgehead atoms. The highest BCUT2D eigenvalue weighted by atomic mass is 19.4. The molecular weight excluding hydrogens is 305 g/mol. The topological polar surface area (TPSA) is 79.2 Å². The summed E-state index contributed by atoms with van der Waals surface area (Å²) in [5, 5.41) is 13.1. The van der Waals surface area contributed by atoms with Gasteiger partial charge in [0.15, 0.2) is 0 Å². The number of hydrogen-bond acceptors (Lipinski definition) is 5. The molecule has 1 heterocycles. The van der Waals surface area contributed by atoms with E-state index in [2.05, 4.69) is 5.10 Å². The summed E-state index contributed by atoms with van der Waals surface area (Å²) in [7, 11) is 0. The zero-order valence-electron chi connectivity index (χ0n) is 12.8. The van der Waals surface area contributed by atoms with Crippen LogP contribution in [0.25, 0.3) is 0 Å². The van der Waals surface area contributed by atoms with Crippen molar-refractivity contribution in [1.82, 2.24) is 5.01 Å². The van der Waals surface area contributed by atoms with E-state index in [0.29, 0.717) is 6.42 Å². The Morgan fingerprint density at radius 2 is 1.91 bits per heavy atom. The van der Waals surface area contributed by atoms with Crippen molar-refractivity contribution >= 4 is 17.6 Å². The summed E-state index contributed by atoms with van der Waals surface area (Å²) in [5.41, 5.74) is -4.58. The largest absolute Gasteiger partial charge is 0.453 e. The number of nitrogens with zero attached hydrogens (tertiary/aromatic N) is 2. The fraction of sp³-hybridized carbons (Fsp3) is 0.769. The monoisotopic (exact) mass is 324 g/mol. The number of carbonyl (C=O) groups is 2. The molecule has 9 heteroatoms. The van der Waals surface area contributed by atoms with Crippen molar-refractivity contribution in [2.24, 2.45) is 5.10 Å². The quantitative estimate of drug-likeness (QED) is 0.622. The second-order valence-corrected chi connectivity index (χ2v) is 6.03. The fourth-order valence-corrected chi connectivity index (χ4v) is 1.89. The van der Waals surface area contributed by atoms with Crippen molar-refractivity contribution in [3.8, 4) is 0 Å². The first-order valence-electron chi connectivity index (χ1n) is 6.75. The Hall–Kier alpha value is -1.64. The van der Waals surface area contributed by atoms with E-state index in [0.717, 1.165) is 0 Å². The molecule has 1 unspecified atom stereocenters. The summed E-state index contributed by atoms with van der Waals surface area (Å²) < 4.78 is 44.0. The molecule has 0 saturated heterocycles. The van der Waals surface area contributed by atoms with E-state index in [-0.39, 0.29) is 17.1 Å². The van der Waals surface area contributed by atoms with E-state index in [9.17, 15) is 27.9 Å². The number of hydrazone groups is 1. The van der Waals surface area contributed by atoms with Gasteiger partial charge in [-0.15, -0.1) is 0 Å². The smallest absolute Gasteiger partial charge is 0.438 e. The number of halogens is 3. The molecule has 0 saturated carbocycles. The zero-order chi connectivity index (χ0) is 17.3. The fourth-order valence-electron chi connectivity index (χ4n) is 1.89. The van der Waals surface area contributed by atoms with Gasteiger partial charge in [0.05, 0.1) is 0 Å². The van der Waals surface area contributed by atoms with Gasteiger partial charge in [-0.2, -0.15) is 23.3 Å². The predicted molar refractivity (Wildman–Crippen MR) is 70.7 cm³/mol. The van der Waals surface area contributed by atoms with Crippen LogP contribution in [0, 0.1) is 0 Å². The molecule has 0 radical (unpaired) electrons. The van der Waals surface area contributed by atoms with Crippen molar-refractivity contribution in [1.29, 1.82) is 0 Å². The lowest BCUT2D eigenvalue weighted by atomic mass is 10.0. The van der Waals surface area contributed by atoms with Crippen LogP contribution in [0.1, 0.15) is 47.0 Å². The third-order valence-corrected chi connectivity index (χ3v) is 2.80. The Balaban J connectivity index is 3.10. The number of carbonyl (C=O) groups excluding carboxylic acids is 2. The van der Waals surface area contributed by atoms with Gasteiger partial charge in [-0.3, -0.25) is 4.79 Å².